The van der Waals surface area contributed by atoms with Gasteiger partial charge >= 0.3 is 0 Å². The standard InChI is InChI=1S/C26H25NO4S/c1-5-31-20-10-9-18(14-17(20)4)23(28)21-22(25-16(3)11-12-32-25)27(26(30)24(21)29)19-8-6-7-15(2)13-19/h6-14,22,28H,5H2,1-4H3/b23-21-. The molecule has 1 unspecified atom stereocenters. The lowest BCUT2D eigenvalue weighted by molar-refractivity contribution is -0.132. The van der Waals surface area contributed by atoms with Gasteiger partial charge in [-0.2, -0.15) is 0 Å². The molecular formula is C26H25NO4S. The summed E-state index contributed by atoms with van der Waals surface area (Å²) in [5.74, 6) is -0.789. The second-order valence-corrected chi connectivity index (χ2v) is 8.84. The normalized spacial score (nSPS) is 17.8. The number of anilines is 1. The molecule has 32 heavy (non-hydrogen) atoms. The van der Waals surface area contributed by atoms with Gasteiger partial charge in [-0.3, -0.25) is 14.5 Å². The Labute approximate surface area is 191 Å². The molecule has 1 fully saturated rings. The number of carbonyl (C=O) groups excluding carboxylic acids is 2. The fourth-order valence-electron chi connectivity index (χ4n) is 4.06. The van der Waals surface area contributed by atoms with Crippen molar-refractivity contribution in [2.24, 2.45) is 0 Å². The second-order valence-electron chi connectivity index (χ2n) is 7.89. The fourth-order valence-corrected chi connectivity index (χ4v) is 5.08. The van der Waals surface area contributed by atoms with Gasteiger partial charge in [-0.1, -0.05) is 12.1 Å². The number of Topliss-reactive ketones (excluding diaryl/α,β-unsaturated/α-hetero) is 1. The molecule has 0 spiro atoms. The van der Waals surface area contributed by atoms with Gasteiger partial charge in [0.25, 0.3) is 11.7 Å². The third kappa shape index (κ3) is 3.71. The van der Waals surface area contributed by atoms with E-state index in [1.54, 1.807) is 18.2 Å². The van der Waals surface area contributed by atoms with E-state index in [9.17, 15) is 14.7 Å². The Kier molecular flexibility index (Phi) is 5.89. The van der Waals surface area contributed by atoms with Crippen molar-refractivity contribution in [2.75, 3.05) is 11.5 Å². The first-order chi connectivity index (χ1) is 15.3. The predicted molar refractivity (Wildman–Crippen MR) is 127 cm³/mol. The van der Waals surface area contributed by atoms with E-state index in [-0.39, 0.29) is 11.3 Å². The molecule has 5 nitrogen and oxygen atoms in total. The van der Waals surface area contributed by atoms with Crippen LogP contribution in [0.25, 0.3) is 5.76 Å². The summed E-state index contributed by atoms with van der Waals surface area (Å²) in [6.45, 7) is 8.21. The Morgan fingerprint density at radius 1 is 1.06 bits per heavy atom. The van der Waals surface area contributed by atoms with Gasteiger partial charge < -0.3 is 9.84 Å². The highest BCUT2D eigenvalue weighted by molar-refractivity contribution is 7.10. The lowest BCUT2D eigenvalue weighted by Crippen LogP contribution is -2.29. The van der Waals surface area contributed by atoms with Crippen molar-refractivity contribution in [3.8, 4) is 5.75 Å². The molecule has 0 bridgehead atoms. The van der Waals surface area contributed by atoms with Crippen LogP contribution < -0.4 is 9.64 Å². The van der Waals surface area contributed by atoms with Crippen molar-refractivity contribution >= 4 is 34.5 Å². The van der Waals surface area contributed by atoms with Crippen LogP contribution in [0.5, 0.6) is 5.75 Å². The van der Waals surface area contributed by atoms with Crippen molar-refractivity contribution < 1.29 is 19.4 Å². The van der Waals surface area contributed by atoms with Crippen LogP contribution in [0.4, 0.5) is 5.69 Å². The molecule has 2 heterocycles. The van der Waals surface area contributed by atoms with Crippen LogP contribution in [-0.2, 0) is 9.59 Å². The van der Waals surface area contributed by atoms with Gasteiger partial charge in [-0.15, -0.1) is 11.3 Å². The number of ketones is 1. The Balaban J connectivity index is 1.92. The molecule has 0 aliphatic carbocycles. The number of rotatable bonds is 5. The summed E-state index contributed by atoms with van der Waals surface area (Å²) in [5, 5.41) is 13.2. The molecule has 0 radical (unpaired) electrons. The van der Waals surface area contributed by atoms with E-state index in [2.05, 4.69) is 0 Å². The number of aliphatic hydroxyl groups excluding tert-OH is 1. The maximum Gasteiger partial charge on any atom is 0.300 e. The first-order valence-corrected chi connectivity index (χ1v) is 11.4. The van der Waals surface area contributed by atoms with E-state index in [1.807, 2.05) is 63.4 Å². The van der Waals surface area contributed by atoms with E-state index in [0.29, 0.717) is 17.9 Å². The highest BCUT2D eigenvalue weighted by Gasteiger charge is 2.47. The quantitative estimate of drug-likeness (QED) is 0.310. The number of benzene rings is 2. The summed E-state index contributed by atoms with van der Waals surface area (Å²) < 4.78 is 5.59. The van der Waals surface area contributed by atoms with Gasteiger partial charge in [0.05, 0.1) is 12.2 Å². The zero-order chi connectivity index (χ0) is 23.0. The summed E-state index contributed by atoms with van der Waals surface area (Å²) in [5.41, 5.74) is 4.00. The van der Waals surface area contributed by atoms with Crippen molar-refractivity contribution in [3.05, 3.63) is 86.6 Å². The minimum atomic E-state index is -0.691. The zero-order valence-corrected chi connectivity index (χ0v) is 19.3. The Bertz CT molecular complexity index is 1240. The molecular weight excluding hydrogens is 422 g/mol. The molecule has 3 aromatic rings. The van der Waals surface area contributed by atoms with Gasteiger partial charge in [0.15, 0.2) is 0 Å². The molecule has 1 N–H and O–H groups in total. The Morgan fingerprint density at radius 3 is 2.47 bits per heavy atom. The topological polar surface area (TPSA) is 66.8 Å². The van der Waals surface area contributed by atoms with E-state index in [4.69, 9.17) is 4.74 Å². The van der Waals surface area contributed by atoms with E-state index in [0.717, 1.165) is 27.3 Å². The molecule has 6 heteroatoms. The number of amides is 1. The van der Waals surface area contributed by atoms with Crippen molar-refractivity contribution in [1.29, 1.82) is 0 Å². The SMILES string of the molecule is CCOc1ccc(/C(O)=C2/C(=O)C(=O)N(c3cccc(C)c3)C2c2sccc2C)cc1C. The maximum atomic E-state index is 13.2. The summed E-state index contributed by atoms with van der Waals surface area (Å²) >= 11 is 1.47. The average Bonchev–Trinajstić information content (AvgIpc) is 3.29. The number of carbonyl (C=O) groups is 2. The molecule has 1 aromatic heterocycles. The number of thiophene rings is 1. The predicted octanol–water partition coefficient (Wildman–Crippen LogP) is 5.70. The van der Waals surface area contributed by atoms with Gasteiger partial charge in [0.1, 0.15) is 17.6 Å². The maximum absolute atomic E-state index is 13.2. The largest absolute Gasteiger partial charge is 0.507 e. The van der Waals surface area contributed by atoms with Crippen LogP contribution in [-0.4, -0.2) is 23.4 Å². The molecule has 1 atom stereocenters. The van der Waals surface area contributed by atoms with Crippen LogP contribution in [0.2, 0.25) is 0 Å². The number of nitrogens with zero attached hydrogens (tertiary/aromatic N) is 1. The van der Waals surface area contributed by atoms with Crippen molar-refractivity contribution in [2.45, 2.75) is 33.7 Å². The first-order valence-electron chi connectivity index (χ1n) is 10.5. The third-order valence-corrected chi connectivity index (χ3v) is 6.69. The zero-order valence-electron chi connectivity index (χ0n) is 18.5. The van der Waals surface area contributed by atoms with Crippen molar-refractivity contribution in [1.82, 2.24) is 0 Å². The van der Waals surface area contributed by atoms with E-state index >= 15 is 0 Å². The third-order valence-electron chi connectivity index (χ3n) is 5.62. The fraction of sp³-hybridized carbons (Fsp3) is 0.231. The van der Waals surface area contributed by atoms with Crippen LogP contribution in [0.15, 0.2) is 59.5 Å². The number of hydrogen-bond donors (Lipinski definition) is 1. The summed E-state index contributed by atoms with van der Waals surface area (Å²) in [7, 11) is 0. The Morgan fingerprint density at radius 2 is 1.84 bits per heavy atom. The smallest absolute Gasteiger partial charge is 0.300 e. The van der Waals surface area contributed by atoms with Crippen LogP contribution >= 0.6 is 11.3 Å². The van der Waals surface area contributed by atoms with Gasteiger partial charge in [0.2, 0.25) is 0 Å². The molecule has 164 valence electrons. The van der Waals surface area contributed by atoms with E-state index < -0.39 is 17.7 Å². The monoisotopic (exact) mass is 447 g/mol. The van der Waals surface area contributed by atoms with Crippen LogP contribution in [0.3, 0.4) is 0 Å². The summed E-state index contributed by atoms with van der Waals surface area (Å²) in [4.78, 5) is 28.8. The highest BCUT2D eigenvalue weighted by atomic mass is 32.1. The second kappa shape index (κ2) is 8.63. The molecule has 1 aliphatic rings. The lowest BCUT2D eigenvalue weighted by Gasteiger charge is -2.25. The lowest BCUT2D eigenvalue weighted by atomic mass is 9.97. The number of aryl methyl sites for hydroxylation is 3. The van der Waals surface area contributed by atoms with Gasteiger partial charge in [0, 0.05) is 16.1 Å². The average molecular weight is 448 g/mol. The molecule has 2 aromatic carbocycles. The Hall–Kier alpha value is -3.38. The molecule has 4 rings (SSSR count). The molecule has 1 saturated heterocycles. The minimum absolute atomic E-state index is 0.102. The van der Waals surface area contributed by atoms with E-state index in [1.165, 1.54) is 16.2 Å². The number of aliphatic hydroxyl groups is 1. The molecule has 1 aliphatic heterocycles. The van der Waals surface area contributed by atoms with Gasteiger partial charge in [-0.25, -0.2) is 0 Å². The minimum Gasteiger partial charge on any atom is -0.507 e. The van der Waals surface area contributed by atoms with Gasteiger partial charge in [-0.05, 0) is 86.2 Å². The number of ether oxygens (including phenoxy) is 1. The van der Waals surface area contributed by atoms with Crippen LogP contribution in [0.1, 0.15) is 40.1 Å². The summed E-state index contributed by atoms with van der Waals surface area (Å²) in [6.07, 6.45) is 0. The van der Waals surface area contributed by atoms with Crippen LogP contribution in [0, 0.1) is 20.8 Å². The highest BCUT2D eigenvalue weighted by Crippen LogP contribution is 2.45. The first kappa shape index (κ1) is 21.8. The van der Waals surface area contributed by atoms with Crippen molar-refractivity contribution in [3.63, 3.8) is 0 Å². The number of hydrogen-bond acceptors (Lipinski definition) is 5. The summed E-state index contributed by atoms with van der Waals surface area (Å²) in [6, 6.07) is 14.0. The molecule has 0 saturated carbocycles. The molecule has 1 amide bonds.